The minimum absolute atomic E-state index is 0.0820. The molecule has 0 bridgehead atoms. The molecular weight excluding hydrogens is 392 g/mol. The van der Waals surface area contributed by atoms with Gasteiger partial charge >= 0.3 is 0 Å². The fraction of sp³-hybridized carbons (Fsp3) is 0.348. The second-order valence-electron chi connectivity index (χ2n) is 8.13. The van der Waals surface area contributed by atoms with Gasteiger partial charge in [0.25, 0.3) is 11.8 Å². The normalized spacial score (nSPS) is 22.4. The predicted molar refractivity (Wildman–Crippen MR) is 114 cm³/mol. The number of carbonyl (C=O) groups is 2. The van der Waals surface area contributed by atoms with E-state index in [2.05, 4.69) is 32.6 Å². The minimum Gasteiger partial charge on any atom is -0.352 e. The average Bonchev–Trinajstić information content (AvgIpc) is 3.36. The summed E-state index contributed by atoms with van der Waals surface area (Å²) in [5.41, 5.74) is 1.44. The third-order valence-electron chi connectivity index (χ3n) is 6.71. The molecule has 2 amide bonds. The van der Waals surface area contributed by atoms with Gasteiger partial charge < -0.3 is 14.8 Å². The molecule has 4 heterocycles. The summed E-state index contributed by atoms with van der Waals surface area (Å²) >= 11 is 0. The van der Waals surface area contributed by atoms with E-state index in [9.17, 15) is 9.59 Å². The maximum Gasteiger partial charge on any atom is 0.288 e. The first-order chi connectivity index (χ1) is 15.1. The summed E-state index contributed by atoms with van der Waals surface area (Å²) in [6.07, 6.45) is 4.02. The Kier molecular flexibility index (Phi) is 4.77. The van der Waals surface area contributed by atoms with E-state index in [-0.39, 0.29) is 23.3 Å². The van der Waals surface area contributed by atoms with Crippen LogP contribution in [-0.4, -0.2) is 56.1 Å². The number of aryl methyl sites for hydroxylation is 1. The summed E-state index contributed by atoms with van der Waals surface area (Å²) < 4.78 is 1.89. The zero-order valence-electron chi connectivity index (χ0n) is 17.4. The number of nitrogens with zero attached hydrogens (tertiary/aromatic N) is 5. The van der Waals surface area contributed by atoms with Crippen molar-refractivity contribution in [1.82, 2.24) is 30.0 Å². The maximum absolute atomic E-state index is 13.5. The molecular formula is C23H24N6O2. The first-order valence-electron chi connectivity index (χ1n) is 10.6. The Morgan fingerprint density at radius 2 is 1.87 bits per heavy atom. The lowest BCUT2D eigenvalue weighted by atomic mass is 9.71. The number of rotatable bonds is 3. The van der Waals surface area contributed by atoms with Crippen molar-refractivity contribution in [2.75, 3.05) is 13.6 Å². The lowest BCUT2D eigenvalue weighted by Crippen LogP contribution is -2.47. The molecule has 5 rings (SSSR count). The largest absolute Gasteiger partial charge is 0.352 e. The van der Waals surface area contributed by atoms with Crippen molar-refractivity contribution in [1.29, 1.82) is 0 Å². The molecule has 0 spiro atoms. The zero-order chi connectivity index (χ0) is 21.4. The van der Waals surface area contributed by atoms with Crippen molar-refractivity contribution >= 4 is 11.8 Å². The van der Waals surface area contributed by atoms with Crippen LogP contribution in [0.5, 0.6) is 0 Å². The lowest BCUT2D eigenvalue weighted by molar-refractivity contribution is 0.0682. The van der Waals surface area contributed by atoms with Crippen molar-refractivity contribution in [3.05, 3.63) is 77.6 Å². The van der Waals surface area contributed by atoms with Gasteiger partial charge in [-0.25, -0.2) is 0 Å². The van der Waals surface area contributed by atoms with Gasteiger partial charge in [-0.3, -0.25) is 14.6 Å². The number of hydrogen-bond donors (Lipinski definition) is 1. The number of benzene rings is 1. The third kappa shape index (κ3) is 3.10. The van der Waals surface area contributed by atoms with E-state index in [1.54, 1.807) is 25.4 Å². The summed E-state index contributed by atoms with van der Waals surface area (Å²) in [6.45, 7) is 1.11. The van der Waals surface area contributed by atoms with Crippen molar-refractivity contribution in [2.24, 2.45) is 0 Å². The second kappa shape index (κ2) is 7.61. The van der Waals surface area contributed by atoms with Gasteiger partial charge in [0.05, 0.1) is 6.04 Å². The van der Waals surface area contributed by atoms with Crippen LogP contribution in [0.4, 0.5) is 0 Å². The number of aromatic nitrogens is 4. The van der Waals surface area contributed by atoms with E-state index in [0.717, 1.165) is 18.7 Å². The first kappa shape index (κ1) is 19.4. The zero-order valence-corrected chi connectivity index (χ0v) is 17.4. The van der Waals surface area contributed by atoms with Crippen molar-refractivity contribution in [3.8, 4) is 0 Å². The van der Waals surface area contributed by atoms with Crippen LogP contribution in [0.1, 0.15) is 45.3 Å². The third-order valence-corrected chi connectivity index (χ3v) is 6.71. The first-order valence-corrected chi connectivity index (χ1v) is 10.6. The van der Waals surface area contributed by atoms with E-state index in [1.807, 2.05) is 33.7 Å². The Hall–Kier alpha value is -3.55. The number of hydrogen-bond acceptors (Lipinski definition) is 5. The highest BCUT2D eigenvalue weighted by Gasteiger charge is 2.52. The molecule has 2 atom stereocenters. The van der Waals surface area contributed by atoms with Gasteiger partial charge in [-0.2, -0.15) is 0 Å². The van der Waals surface area contributed by atoms with Gasteiger partial charge in [-0.05, 0) is 30.5 Å². The van der Waals surface area contributed by atoms with Gasteiger partial charge in [0, 0.05) is 38.2 Å². The van der Waals surface area contributed by atoms with Gasteiger partial charge in [-0.15, -0.1) is 10.2 Å². The van der Waals surface area contributed by atoms with Crippen LogP contribution in [0.25, 0.3) is 0 Å². The van der Waals surface area contributed by atoms with Gasteiger partial charge in [-0.1, -0.05) is 36.4 Å². The van der Waals surface area contributed by atoms with E-state index in [4.69, 9.17) is 0 Å². The summed E-state index contributed by atoms with van der Waals surface area (Å²) in [7, 11) is 1.58. The molecule has 1 aromatic carbocycles. The highest BCUT2D eigenvalue weighted by molar-refractivity contribution is 5.93. The number of carbonyl (C=O) groups excluding carboxylic acids is 2. The number of likely N-dealkylation sites (tertiary alicyclic amines) is 1. The quantitative estimate of drug-likeness (QED) is 0.703. The lowest BCUT2D eigenvalue weighted by Gasteiger charge is -2.37. The molecule has 1 saturated heterocycles. The van der Waals surface area contributed by atoms with Gasteiger partial charge in [0.1, 0.15) is 11.5 Å². The van der Waals surface area contributed by atoms with Crippen LogP contribution in [-0.2, 0) is 18.4 Å². The van der Waals surface area contributed by atoms with Crippen LogP contribution >= 0.6 is 0 Å². The molecule has 1 fully saturated rings. The summed E-state index contributed by atoms with van der Waals surface area (Å²) in [5, 5.41) is 11.1. The number of amides is 2. The molecule has 31 heavy (non-hydrogen) atoms. The van der Waals surface area contributed by atoms with Crippen molar-refractivity contribution in [2.45, 2.75) is 37.3 Å². The Labute approximate surface area is 180 Å². The van der Waals surface area contributed by atoms with Crippen LogP contribution < -0.4 is 5.32 Å². The van der Waals surface area contributed by atoms with Crippen LogP contribution in [0, 0.1) is 0 Å². The fourth-order valence-electron chi connectivity index (χ4n) is 5.14. The number of nitrogens with one attached hydrogen (secondary N) is 1. The Morgan fingerprint density at radius 1 is 1.06 bits per heavy atom. The molecule has 1 N–H and O–H groups in total. The van der Waals surface area contributed by atoms with E-state index in [1.165, 1.54) is 5.56 Å². The minimum atomic E-state index is -0.272. The molecule has 8 heteroatoms. The SMILES string of the molecule is CNC(=O)c1nnc2n1C[C@@H]1N(C(=O)c3ccccn3)CC[C@]1(c1ccccc1)CC2. The standard InChI is InChI=1S/C23H24N6O2/c1-24-21(30)20-27-26-19-10-11-23(16-7-3-2-4-8-16)12-14-28(18(23)15-29(19)20)22(31)17-9-5-6-13-25-17/h2-9,13,18H,10-12,14-15H2,1H3,(H,24,30)/t18-,23-/m0/s1. The molecule has 8 nitrogen and oxygen atoms in total. The predicted octanol–water partition coefficient (Wildman–Crippen LogP) is 1.83. The molecule has 158 valence electrons. The monoisotopic (exact) mass is 416 g/mol. The summed E-state index contributed by atoms with van der Waals surface area (Å²) in [6, 6.07) is 15.6. The number of pyridine rings is 1. The fourth-order valence-corrected chi connectivity index (χ4v) is 5.14. The Bertz CT molecular complexity index is 1110. The molecule has 0 unspecified atom stereocenters. The molecule has 2 aliphatic rings. The maximum atomic E-state index is 13.5. The molecule has 2 aliphatic heterocycles. The smallest absolute Gasteiger partial charge is 0.288 e. The van der Waals surface area contributed by atoms with Gasteiger partial charge in [0.2, 0.25) is 5.82 Å². The average molecular weight is 416 g/mol. The molecule has 0 aliphatic carbocycles. The summed E-state index contributed by atoms with van der Waals surface area (Å²) in [5.74, 6) is 0.722. The number of fused-ring (bicyclic) bond motifs is 2. The van der Waals surface area contributed by atoms with Crippen LogP contribution in [0.15, 0.2) is 54.7 Å². The Balaban J connectivity index is 1.61. The molecule has 0 saturated carbocycles. The second-order valence-corrected chi connectivity index (χ2v) is 8.13. The van der Waals surface area contributed by atoms with Crippen molar-refractivity contribution < 1.29 is 9.59 Å². The van der Waals surface area contributed by atoms with E-state index >= 15 is 0 Å². The highest BCUT2D eigenvalue weighted by Crippen LogP contribution is 2.46. The molecule has 0 radical (unpaired) electrons. The van der Waals surface area contributed by atoms with Gasteiger partial charge in [0.15, 0.2) is 0 Å². The highest BCUT2D eigenvalue weighted by atomic mass is 16.2. The summed E-state index contributed by atoms with van der Waals surface area (Å²) in [4.78, 5) is 32.1. The Morgan fingerprint density at radius 3 is 2.61 bits per heavy atom. The van der Waals surface area contributed by atoms with Crippen LogP contribution in [0.2, 0.25) is 0 Å². The van der Waals surface area contributed by atoms with E-state index in [0.29, 0.717) is 31.0 Å². The van der Waals surface area contributed by atoms with Crippen molar-refractivity contribution in [3.63, 3.8) is 0 Å². The van der Waals surface area contributed by atoms with Crippen LogP contribution in [0.3, 0.4) is 0 Å². The molecule has 3 aromatic rings. The molecule has 2 aromatic heterocycles. The topological polar surface area (TPSA) is 93.0 Å². The van der Waals surface area contributed by atoms with E-state index < -0.39 is 0 Å².